The number of halogens is 1. The largest absolute Gasteiger partial charge is 0.312 e. The van der Waals surface area contributed by atoms with Crippen molar-refractivity contribution < 1.29 is 0 Å². The van der Waals surface area contributed by atoms with E-state index < -0.39 is 0 Å². The summed E-state index contributed by atoms with van der Waals surface area (Å²) in [7, 11) is 1.78. The number of rotatable bonds is 2. The van der Waals surface area contributed by atoms with E-state index in [1.165, 1.54) is 0 Å². The molecule has 6 heteroatoms. The van der Waals surface area contributed by atoms with Gasteiger partial charge in [0, 0.05) is 37.7 Å². The van der Waals surface area contributed by atoms with E-state index in [-0.39, 0.29) is 11.6 Å². The van der Waals surface area contributed by atoms with Gasteiger partial charge in [-0.1, -0.05) is 11.6 Å². The van der Waals surface area contributed by atoms with Crippen LogP contribution < -0.4 is 10.9 Å². The summed E-state index contributed by atoms with van der Waals surface area (Å²) >= 11 is 5.99. The average molecular weight is 321 g/mol. The molecule has 118 valence electrons. The lowest BCUT2D eigenvalue weighted by atomic mass is 10.1. The second-order valence-electron chi connectivity index (χ2n) is 6.02. The molecular weight excluding hydrogens is 300 g/mol. The molecule has 0 bridgehead atoms. The molecule has 0 spiro atoms. The maximum Gasteiger partial charge on any atom is 0.261 e. The molecule has 22 heavy (non-hydrogen) atoms. The minimum absolute atomic E-state index is 0.0440. The highest BCUT2D eigenvalue weighted by atomic mass is 35.5. The highest BCUT2D eigenvalue weighted by Gasteiger charge is 2.24. The van der Waals surface area contributed by atoms with Crippen LogP contribution in [0.1, 0.15) is 25.7 Å². The van der Waals surface area contributed by atoms with Crippen LogP contribution in [0.5, 0.6) is 0 Å². The average Bonchev–Trinajstić information content (AvgIpc) is 2.50. The molecule has 0 amide bonds. The van der Waals surface area contributed by atoms with E-state index in [0.717, 1.165) is 25.5 Å². The first-order chi connectivity index (χ1) is 10.5. The normalized spacial score (nSPS) is 21.2. The van der Waals surface area contributed by atoms with Crippen LogP contribution in [0.2, 0.25) is 5.02 Å². The molecule has 0 saturated carbocycles. The first-order valence-electron chi connectivity index (χ1n) is 7.61. The van der Waals surface area contributed by atoms with Crippen molar-refractivity contribution in [2.24, 2.45) is 7.05 Å². The maximum atomic E-state index is 12.6. The van der Waals surface area contributed by atoms with E-state index in [0.29, 0.717) is 22.0 Å². The van der Waals surface area contributed by atoms with Crippen molar-refractivity contribution >= 4 is 22.5 Å². The zero-order valence-electron chi connectivity index (χ0n) is 13.1. The summed E-state index contributed by atoms with van der Waals surface area (Å²) in [6, 6.07) is 5.83. The molecule has 2 heterocycles. The van der Waals surface area contributed by atoms with Gasteiger partial charge in [0.05, 0.1) is 16.9 Å². The summed E-state index contributed by atoms with van der Waals surface area (Å²) in [5, 5.41) is 4.56. The van der Waals surface area contributed by atoms with Crippen molar-refractivity contribution in [3.05, 3.63) is 39.4 Å². The first kappa shape index (κ1) is 15.5. The van der Waals surface area contributed by atoms with Crippen LogP contribution >= 0.6 is 11.6 Å². The van der Waals surface area contributed by atoms with Gasteiger partial charge in [0.15, 0.2) is 0 Å². The Morgan fingerprint density at radius 2 is 2.23 bits per heavy atom. The van der Waals surface area contributed by atoms with Crippen LogP contribution in [0, 0.1) is 0 Å². The van der Waals surface area contributed by atoms with Crippen molar-refractivity contribution in [1.82, 2.24) is 19.8 Å². The number of nitrogens with one attached hydrogen (secondary N) is 1. The minimum Gasteiger partial charge on any atom is -0.312 e. The Labute approximate surface area is 134 Å². The Hall–Kier alpha value is -1.43. The van der Waals surface area contributed by atoms with Gasteiger partial charge in [0.25, 0.3) is 5.56 Å². The van der Waals surface area contributed by atoms with Gasteiger partial charge in [-0.05, 0) is 32.0 Å². The van der Waals surface area contributed by atoms with Crippen LogP contribution in [0.3, 0.4) is 0 Å². The second-order valence-corrected chi connectivity index (χ2v) is 6.46. The Morgan fingerprint density at radius 3 is 2.95 bits per heavy atom. The van der Waals surface area contributed by atoms with Crippen molar-refractivity contribution in [1.29, 1.82) is 0 Å². The summed E-state index contributed by atoms with van der Waals surface area (Å²) in [6.45, 7) is 7.16. The monoisotopic (exact) mass is 320 g/mol. The first-order valence-corrected chi connectivity index (χ1v) is 7.99. The molecule has 5 nitrogen and oxygen atoms in total. The van der Waals surface area contributed by atoms with Gasteiger partial charge in [-0.3, -0.25) is 14.3 Å². The Kier molecular flexibility index (Phi) is 4.21. The fourth-order valence-electron chi connectivity index (χ4n) is 3.11. The number of fused-ring (bicyclic) bond motifs is 1. The fourth-order valence-corrected chi connectivity index (χ4v) is 3.28. The zero-order valence-corrected chi connectivity index (χ0v) is 13.9. The SMILES string of the molecule is C[C@H]1CN([C@@H](C)c2nc3ccc(Cl)cc3c(=O)n2C)CCN1. The molecule has 2 aromatic rings. The number of hydrogen-bond donors (Lipinski definition) is 1. The predicted molar refractivity (Wildman–Crippen MR) is 89.4 cm³/mol. The van der Waals surface area contributed by atoms with E-state index in [1.807, 2.05) is 6.07 Å². The van der Waals surface area contributed by atoms with Gasteiger partial charge in [-0.25, -0.2) is 4.98 Å². The summed E-state index contributed by atoms with van der Waals surface area (Å²) in [5.41, 5.74) is 0.662. The second kappa shape index (κ2) is 5.99. The third kappa shape index (κ3) is 2.76. The maximum absolute atomic E-state index is 12.6. The molecule has 2 atom stereocenters. The van der Waals surface area contributed by atoms with Gasteiger partial charge in [-0.2, -0.15) is 0 Å². The van der Waals surface area contributed by atoms with Gasteiger partial charge < -0.3 is 5.32 Å². The Bertz CT molecular complexity index is 758. The van der Waals surface area contributed by atoms with Crippen LogP contribution in [0.4, 0.5) is 0 Å². The molecule has 0 radical (unpaired) electrons. The number of hydrogen-bond acceptors (Lipinski definition) is 4. The van der Waals surface area contributed by atoms with Crippen molar-refractivity contribution in [2.45, 2.75) is 25.9 Å². The third-order valence-electron chi connectivity index (χ3n) is 4.39. The predicted octanol–water partition coefficient (Wildman–Crippen LogP) is 1.94. The molecule has 0 unspecified atom stereocenters. The number of nitrogens with zero attached hydrogens (tertiary/aromatic N) is 3. The standard InChI is InChI=1S/C16H21ClN4O/c1-10-9-21(7-6-18-10)11(2)15-19-14-5-4-12(17)8-13(14)16(22)20(15)3/h4-5,8,10-11,18H,6-7,9H2,1-3H3/t10-,11-/m0/s1. The topological polar surface area (TPSA) is 50.2 Å². The van der Waals surface area contributed by atoms with E-state index in [9.17, 15) is 4.79 Å². The van der Waals surface area contributed by atoms with Crippen LogP contribution in [-0.2, 0) is 7.05 Å². The van der Waals surface area contributed by atoms with Crippen LogP contribution in [0.25, 0.3) is 10.9 Å². The van der Waals surface area contributed by atoms with E-state index >= 15 is 0 Å². The molecule has 0 aliphatic carbocycles. The Balaban J connectivity index is 2.05. The molecule has 1 saturated heterocycles. The molecule has 1 N–H and O–H groups in total. The highest BCUT2D eigenvalue weighted by molar-refractivity contribution is 6.31. The molecule has 3 rings (SSSR count). The van der Waals surface area contributed by atoms with E-state index in [4.69, 9.17) is 16.6 Å². The molecule has 1 aromatic heterocycles. The van der Waals surface area contributed by atoms with Crippen LogP contribution in [0.15, 0.2) is 23.0 Å². The van der Waals surface area contributed by atoms with Gasteiger partial charge in [-0.15, -0.1) is 0 Å². The molecular formula is C16H21ClN4O. The quantitative estimate of drug-likeness (QED) is 0.919. The summed E-state index contributed by atoms with van der Waals surface area (Å²) in [6.07, 6.45) is 0. The van der Waals surface area contributed by atoms with Crippen molar-refractivity contribution in [3.63, 3.8) is 0 Å². The van der Waals surface area contributed by atoms with Gasteiger partial charge in [0.1, 0.15) is 5.82 Å². The number of aromatic nitrogens is 2. The molecule has 1 aliphatic rings. The summed E-state index contributed by atoms with van der Waals surface area (Å²) in [5.74, 6) is 0.800. The lowest BCUT2D eigenvalue weighted by molar-refractivity contribution is 0.150. The summed E-state index contributed by atoms with van der Waals surface area (Å²) < 4.78 is 1.65. The van der Waals surface area contributed by atoms with Crippen LogP contribution in [-0.4, -0.2) is 40.1 Å². The Morgan fingerprint density at radius 1 is 1.45 bits per heavy atom. The van der Waals surface area contributed by atoms with Gasteiger partial charge in [0.2, 0.25) is 0 Å². The minimum atomic E-state index is -0.0440. The van der Waals surface area contributed by atoms with E-state index in [1.54, 1.807) is 23.7 Å². The third-order valence-corrected chi connectivity index (χ3v) is 4.63. The van der Waals surface area contributed by atoms with Crippen molar-refractivity contribution in [3.8, 4) is 0 Å². The smallest absolute Gasteiger partial charge is 0.261 e. The lowest BCUT2D eigenvalue weighted by Crippen LogP contribution is -2.50. The molecule has 1 aliphatic heterocycles. The number of piperazine rings is 1. The fraction of sp³-hybridized carbons (Fsp3) is 0.500. The summed E-state index contributed by atoms with van der Waals surface area (Å²) in [4.78, 5) is 19.7. The van der Waals surface area contributed by atoms with Gasteiger partial charge >= 0.3 is 0 Å². The number of benzene rings is 1. The van der Waals surface area contributed by atoms with Crippen molar-refractivity contribution in [2.75, 3.05) is 19.6 Å². The molecule has 1 aromatic carbocycles. The molecule has 1 fully saturated rings. The zero-order chi connectivity index (χ0) is 15.9. The van der Waals surface area contributed by atoms with E-state index in [2.05, 4.69) is 24.1 Å². The lowest BCUT2D eigenvalue weighted by Gasteiger charge is -2.36. The highest BCUT2D eigenvalue weighted by Crippen LogP contribution is 2.21.